The zero-order chi connectivity index (χ0) is 21.1. The molecule has 7 heteroatoms. The number of rotatable bonds is 7. The lowest BCUT2D eigenvalue weighted by atomic mass is 10.0. The van der Waals surface area contributed by atoms with E-state index in [1.54, 1.807) is 6.20 Å². The number of anilines is 1. The molecule has 1 aromatic heterocycles. The molecular formula is C22H30N4O3. The van der Waals surface area contributed by atoms with E-state index in [0.29, 0.717) is 18.8 Å². The molecular weight excluding hydrogens is 368 g/mol. The van der Waals surface area contributed by atoms with E-state index < -0.39 is 12.0 Å². The molecule has 1 aromatic carbocycles. The van der Waals surface area contributed by atoms with Crippen LogP contribution in [0.4, 0.5) is 5.69 Å². The number of carboxylic acids is 1. The van der Waals surface area contributed by atoms with E-state index in [0.717, 1.165) is 41.7 Å². The van der Waals surface area contributed by atoms with Crippen molar-refractivity contribution in [2.45, 2.75) is 26.8 Å². The largest absolute Gasteiger partial charge is 0.480 e. The van der Waals surface area contributed by atoms with E-state index >= 15 is 0 Å². The van der Waals surface area contributed by atoms with E-state index in [4.69, 9.17) is 0 Å². The van der Waals surface area contributed by atoms with Crippen molar-refractivity contribution in [3.63, 3.8) is 0 Å². The fourth-order valence-corrected chi connectivity index (χ4v) is 3.78. The molecule has 0 saturated carbocycles. The molecule has 1 saturated heterocycles. The predicted octanol–water partition coefficient (Wildman–Crippen LogP) is 3.08. The van der Waals surface area contributed by atoms with Crippen LogP contribution in [0.15, 0.2) is 36.5 Å². The summed E-state index contributed by atoms with van der Waals surface area (Å²) < 4.78 is 0. The third kappa shape index (κ3) is 4.86. The van der Waals surface area contributed by atoms with E-state index in [2.05, 4.69) is 21.8 Å². The summed E-state index contributed by atoms with van der Waals surface area (Å²) in [4.78, 5) is 31.7. The van der Waals surface area contributed by atoms with E-state index in [1.807, 2.05) is 43.9 Å². The summed E-state index contributed by atoms with van der Waals surface area (Å²) in [7, 11) is 0. The number of piperazine rings is 1. The van der Waals surface area contributed by atoms with Crippen LogP contribution in [0.5, 0.6) is 0 Å². The number of fused-ring (bicyclic) bond motifs is 1. The number of carboxylic acid groups (broad SMARTS) is 1. The van der Waals surface area contributed by atoms with Crippen LogP contribution in [0.1, 0.15) is 32.4 Å². The first kappa shape index (κ1) is 21.1. The van der Waals surface area contributed by atoms with Crippen molar-refractivity contribution < 1.29 is 14.7 Å². The molecule has 7 nitrogen and oxygen atoms in total. The lowest BCUT2D eigenvalue weighted by molar-refractivity contribution is -0.144. The lowest BCUT2D eigenvalue weighted by Crippen LogP contribution is -2.49. The van der Waals surface area contributed by atoms with Crippen LogP contribution in [0.3, 0.4) is 0 Å². The van der Waals surface area contributed by atoms with Gasteiger partial charge in [-0.3, -0.25) is 19.4 Å². The van der Waals surface area contributed by atoms with Gasteiger partial charge in [-0.05, 0) is 25.1 Å². The van der Waals surface area contributed by atoms with Gasteiger partial charge in [0.05, 0.1) is 0 Å². The number of aliphatic carboxylic acids is 1. The number of hydrogen-bond donors (Lipinski definition) is 3. The molecule has 29 heavy (non-hydrogen) atoms. The van der Waals surface area contributed by atoms with Crippen molar-refractivity contribution in [1.82, 2.24) is 14.8 Å². The molecule has 156 valence electrons. The second-order valence-electron chi connectivity index (χ2n) is 8.16. The Morgan fingerprint density at radius 3 is 2.52 bits per heavy atom. The molecule has 0 bridgehead atoms. The number of H-pyrrole nitrogens is 1. The predicted molar refractivity (Wildman–Crippen MR) is 115 cm³/mol. The average Bonchev–Trinajstić information content (AvgIpc) is 3.05. The highest BCUT2D eigenvalue weighted by Gasteiger charge is 2.32. The normalized spacial score (nSPS) is 16.8. The minimum atomic E-state index is -0.865. The van der Waals surface area contributed by atoms with Gasteiger partial charge in [0.25, 0.3) is 0 Å². The Bertz CT molecular complexity index is 910. The third-order valence-electron chi connectivity index (χ3n) is 5.30. The summed E-state index contributed by atoms with van der Waals surface area (Å²) in [6.45, 7) is 13.5. The van der Waals surface area contributed by atoms with Gasteiger partial charge in [-0.2, -0.15) is 0 Å². The molecule has 0 spiro atoms. The van der Waals surface area contributed by atoms with Crippen molar-refractivity contribution >= 4 is 28.5 Å². The molecule has 3 N–H and O–H groups in total. The van der Waals surface area contributed by atoms with Crippen LogP contribution >= 0.6 is 0 Å². The van der Waals surface area contributed by atoms with Crippen molar-refractivity contribution in [3.05, 3.63) is 42.1 Å². The van der Waals surface area contributed by atoms with Crippen LogP contribution < -0.4 is 5.32 Å². The van der Waals surface area contributed by atoms with E-state index in [9.17, 15) is 14.7 Å². The maximum atomic E-state index is 12.2. The van der Waals surface area contributed by atoms with Crippen molar-refractivity contribution in [1.29, 1.82) is 0 Å². The van der Waals surface area contributed by atoms with Crippen molar-refractivity contribution in [2.75, 3.05) is 38.0 Å². The Balaban J connectivity index is 1.85. The number of nitrogens with one attached hydrogen (secondary N) is 2. The summed E-state index contributed by atoms with van der Waals surface area (Å²) in [5.41, 5.74) is 3.37. The Labute approximate surface area is 171 Å². The molecule has 1 fully saturated rings. The minimum Gasteiger partial charge on any atom is -0.480 e. The highest BCUT2D eigenvalue weighted by molar-refractivity contribution is 5.96. The van der Waals surface area contributed by atoms with E-state index in [1.165, 1.54) is 0 Å². The highest BCUT2D eigenvalue weighted by Crippen LogP contribution is 2.31. The first-order valence-electron chi connectivity index (χ1n) is 10.0. The molecule has 3 rings (SSSR count). The summed E-state index contributed by atoms with van der Waals surface area (Å²) in [6, 6.07) is 4.83. The summed E-state index contributed by atoms with van der Waals surface area (Å²) in [6.07, 6.45) is 1.78. The molecule has 2 heterocycles. The first-order chi connectivity index (χ1) is 13.8. The van der Waals surface area contributed by atoms with Crippen LogP contribution in [-0.4, -0.2) is 64.5 Å². The van der Waals surface area contributed by atoms with Gasteiger partial charge in [0.15, 0.2) is 0 Å². The maximum Gasteiger partial charge on any atom is 0.325 e. The SMILES string of the molecule is C=C(C)CN1CCN([C@H](C(=O)O)c2c[nH]c3ccc(NC(=O)C(C)C)cc23)CC1. The van der Waals surface area contributed by atoms with Gasteiger partial charge in [-0.15, -0.1) is 0 Å². The van der Waals surface area contributed by atoms with Gasteiger partial charge in [-0.1, -0.05) is 26.0 Å². The number of nitrogens with zero attached hydrogens (tertiary/aromatic N) is 2. The Kier molecular flexibility index (Phi) is 6.39. The standard InChI is InChI=1S/C22H30N4O3/c1-14(2)13-25-7-9-26(10-8-25)20(22(28)29)18-12-23-19-6-5-16(11-17(18)19)24-21(27)15(3)4/h5-6,11-12,15,20,23H,1,7-10,13H2,2-4H3,(H,24,27)(H,28,29)/t20-/m0/s1. The monoisotopic (exact) mass is 398 g/mol. The Morgan fingerprint density at radius 1 is 1.24 bits per heavy atom. The molecule has 1 aliphatic rings. The van der Waals surface area contributed by atoms with Gasteiger partial charge in [0, 0.05) is 67.0 Å². The molecule has 0 aliphatic carbocycles. The Morgan fingerprint density at radius 2 is 1.93 bits per heavy atom. The number of carbonyl (C=O) groups excluding carboxylic acids is 1. The first-order valence-corrected chi connectivity index (χ1v) is 10.0. The topological polar surface area (TPSA) is 88.7 Å². The van der Waals surface area contributed by atoms with Gasteiger partial charge in [0.1, 0.15) is 6.04 Å². The number of hydrogen-bond acceptors (Lipinski definition) is 4. The van der Waals surface area contributed by atoms with Crippen LogP contribution in [0.25, 0.3) is 10.9 Å². The summed E-state index contributed by atoms with van der Waals surface area (Å²) >= 11 is 0. The molecule has 1 aliphatic heterocycles. The molecule has 1 amide bonds. The van der Waals surface area contributed by atoms with E-state index in [-0.39, 0.29) is 11.8 Å². The van der Waals surface area contributed by atoms with Crippen molar-refractivity contribution in [2.24, 2.45) is 5.92 Å². The Hall–Kier alpha value is -2.64. The third-order valence-corrected chi connectivity index (χ3v) is 5.30. The van der Waals surface area contributed by atoms with Crippen molar-refractivity contribution in [3.8, 4) is 0 Å². The quantitative estimate of drug-likeness (QED) is 0.624. The lowest BCUT2D eigenvalue weighted by Gasteiger charge is -2.37. The molecule has 0 unspecified atom stereocenters. The van der Waals surface area contributed by atoms with Gasteiger partial charge in [-0.25, -0.2) is 0 Å². The van der Waals surface area contributed by atoms with Gasteiger partial charge < -0.3 is 15.4 Å². The van der Waals surface area contributed by atoms with Gasteiger partial charge in [0.2, 0.25) is 5.91 Å². The zero-order valence-electron chi connectivity index (χ0n) is 17.4. The smallest absolute Gasteiger partial charge is 0.325 e. The maximum absolute atomic E-state index is 12.2. The minimum absolute atomic E-state index is 0.0649. The number of aromatic nitrogens is 1. The number of benzene rings is 1. The van der Waals surface area contributed by atoms with Crippen LogP contribution in [0.2, 0.25) is 0 Å². The molecule has 1 atom stereocenters. The summed E-state index contributed by atoms with van der Waals surface area (Å²) in [5, 5.41) is 13.7. The number of amides is 1. The fourth-order valence-electron chi connectivity index (χ4n) is 3.78. The average molecular weight is 399 g/mol. The molecule has 2 aromatic rings. The second kappa shape index (κ2) is 8.80. The number of aromatic amines is 1. The summed E-state index contributed by atoms with van der Waals surface area (Å²) in [5.74, 6) is -1.06. The fraction of sp³-hybridized carbons (Fsp3) is 0.455. The zero-order valence-corrected chi connectivity index (χ0v) is 17.4. The second-order valence-corrected chi connectivity index (χ2v) is 8.16. The van der Waals surface area contributed by atoms with Gasteiger partial charge >= 0.3 is 5.97 Å². The molecule has 0 radical (unpaired) electrons. The number of carbonyl (C=O) groups is 2. The van der Waals surface area contributed by atoms with Crippen LogP contribution in [-0.2, 0) is 9.59 Å². The highest BCUT2D eigenvalue weighted by atomic mass is 16.4. The van der Waals surface area contributed by atoms with Crippen LogP contribution in [0, 0.1) is 5.92 Å².